The van der Waals surface area contributed by atoms with E-state index in [1.165, 1.54) is 0 Å². The Morgan fingerprint density at radius 1 is 1.32 bits per heavy atom. The number of aliphatic hydroxyl groups is 2. The van der Waals surface area contributed by atoms with E-state index < -0.39 is 27.4 Å². The summed E-state index contributed by atoms with van der Waals surface area (Å²) in [6.45, 7) is 5.81. The second-order valence-electron chi connectivity index (χ2n) is 9.72. The van der Waals surface area contributed by atoms with Gasteiger partial charge in [0.05, 0.1) is 16.9 Å². The first-order valence-corrected chi connectivity index (χ1v) is 11.0. The van der Waals surface area contributed by atoms with Gasteiger partial charge in [-0.25, -0.2) is 0 Å². The quantitative estimate of drug-likeness (QED) is 0.663. The van der Waals surface area contributed by atoms with Crippen LogP contribution in [0.1, 0.15) is 46.5 Å². The van der Waals surface area contributed by atoms with Crippen LogP contribution in [0.2, 0.25) is 0 Å². The van der Waals surface area contributed by atoms with Crippen LogP contribution in [-0.4, -0.2) is 44.2 Å². The molecule has 6 heteroatoms. The number of fused-ring (bicyclic) bond motifs is 5. The molecule has 3 fully saturated rings. The monoisotopic (exact) mass is 426 g/mol. The van der Waals surface area contributed by atoms with Gasteiger partial charge in [-0.15, -0.1) is 23.2 Å². The molecule has 0 spiro atoms. The second kappa shape index (κ2) is 6.16. The fourth-order valence-corrected chi connectivity index (χ4v) is 7.97. The van der Waals surface area contributed by atoms with Crippen LogP contribution in [0, 0.1) is 28.6 Å². The molecule has 0 aromatic heterocycles. The molecule has 2 unspecified atom stereocenters. The Kier molecular flexibility index (Phi) is 4.53. The van der Waals surface area contributed by atoms with Gasteiger partial charge in [0.25, 0.3) is 0 Å². The number of allylic oxidation sites excluding steroid dienone is 4. The van der Waals surface area contributed by atoms with E-state index in [1.54, 1.807) is 12.2 Å². The van der Waals surface area contributed by atoms with E-state index in [0.29, 0.717) is 6.42 Å². The lowest BCUT2D eigenvalue weighted by Crippen LogP contribution is -2.68. The Morgan fingerprint density at radius 2 is 2.00 bits per heavy atom. The molecule has 0 amide bonds. The molecule has 4 aliphatic carbocycles. The zero-order valence-corrected chi connectivity index (χ0v) is 18.1. The molecule has 0 aliphatic heterocycles. The highest BCUT2D eigenvalue weighted by molar-refractivity contribution is 6.29. The Balaban J connectivity index is 1.84. The number of alkyl halides is 2. The SMILES string of the molecule is CC1C[C@H]2[C@@H]3CCC4=CC(=O)C=C[C@]4(C)[C@@]3(Cl)C(O)C[C@]2(C)[C@@]1(O)C(=O)CCl. The van der Waals surface area contributed by atoms with Gasteiger partial charge < -0.3 is 10.2 Å². The van der Waals surface area contributed by atoms with Crippen LogP contribution in [0.4, 0.5) is 0 Å². The van der Waals surface area contributed by atoms with E-state index in [0.717, 1.165) is 18.4 Å². The summed E-state index contributed by atoms with van der Waals surface area (Å²) < 4.78 is 0. The molecule has 4 rings (SSSR count). The molecule has 0 saturated heterocycles. The van der Waals surface area contributed by atoms with Crippen LogP contribution >= 0.6 is 23.2 Å². The van der Waals surface area contributed by atoms with E-state index >= 15 is 0 Å². The van der Waals surface area contributed by atoms with Crippen LogP contribution in [0.5, 0.6) is 0 Å². The van der Waals surface area contributed by atoms with Crippen molar-refractivity contribution >= 4 is 34.8 Å². The number of hydrogen-bond acceptors (Lipinski definition) is 4. The van der Waals surface area contributed by atoms with Crippen molar-refractivity contribution in [2.24, 2.45) is 28.6 Å². The zero-order chi connectivity index (χ0) is 20.7. The van der Waals surface area contributed by atoms with Crippen LogP contribution in [0.15, 0.2) is 23.8 Å². The molecular formula is C22H28Cl2O4. The largest absolute Gasteiger partial charge is 0.391 e. The Morgan fingerprint density at radius 3 is 2.64 bits per heavy atom. The van der Waals surface area contributed by atoms with Gasteiger partial charge in [0.15, 0.2) is 11.6 Å². The maximum absolute atomic E-state index is 12.7. The molecule has 0 heterocycles. The lowest BCUT2D eigenvalue weighted by atomic mass is 9.45. The molecule has 0 radical (unpaired) electrons. The van der Waals surface area contributed by atoms with Crippen molar-refractivity contribution in [3.05, 3.63) is 23.8 Å². The molecular weight excluding hydrogens is 399 g/mol. The number of rotatable bonds is 2. The van der Waals surface area contributed by atoms with Crippen LogP contribution in [0.25, 0.3) is 0 Å². The third-order valence-electron chi connectivity index (χ3n) is 8.77. The summed E-state index contributed by atoms with van der Waals surface area (Å²) >= 11 is 13.2. The highest BCUT2D eigenvalue weighted by Crippen LogP contribution is 2.71. The van der Waals surface area contributed by atoms with Crippen LogP contribution < -0.4 is 0 Å². The van der Waals surface area contributed by atoms with Crippen molar-refractivity contribution in [1.29, 1.82) is 0 Å². The molecule has 154 valence electrons. The molecule has 0 aromatic carbocycles. The van der Waals surface area contributed by atoms with E-state index in [9.17, 15) is 19.8 Å². The van der Waals surface area contributed by atoms with Crippen LogP contribution in [-0.2, 0) is 9.59 Å². The minimum Gasteiger partial charge on any atom is -0.391 e. The third kappa shape index (κ3) is 2.16. The minimum atomic E-state index is -1.56. The van der Waals surface area contributed by atoms with Crippen molar-refractivity contribution in [3.63, 3.8) is 0 Å². The van der Waals surface area contributed by atoms with E-state index in [2.05, 4.69) is 0 Å². The summed E-state index contributed by atoms with van der Waals surface area (Å²) in [6.07, 6.45) is 6.47. The third-order valence-corrected chi connectivity index (χ3v) is 9.94. The summed E-state index contributed by atoms with van der Waals surface area (Å²) in [4.78, 5) is 23.7. The van der Waals surface area contributed by atoms with Gasteiger partial charge in [-0.05, 0) is 55.6 Å². The number of halogens is 2. The number of ketones is 2. The van der Waals surface area contributed by atoms with E-state index in [1.807, 2.05) is 26.8 Å². The Hall–Kier alpha value is -0.680. The van der Waals surface area contributed by atoms with Crippen molar-refractivity contribution in [3.8, 4) is 0 Å². The number of hydrogen-bond donors (Lipinski definition) is 2. The van der Waals surface area contributed by atoms with Crippen molar-refractivity contribution < 1.29 is 19.8 Å². The predicted molar refractivity (Wildman–Crippen MR) is 108 cm³/mol. The zero-order valence-electron chi connectivity index (χ0n) is 16.5. The molecule has 0 bridgehead atoms. The predicted octanol–water partition coefficient (Wildman–Crippen LogP) is 3.41. The van der Waals surface area contributed by atoms with Crippen molar-refractivity contribution in [2.45, 2.75) is 63.0 Å². The van der Waals surface area contributed by atoms with Gasteiger partial charge >= 0.3 is 0 Å². The van der Waals surface area contributed by atoms with E-state index in [-0.39, 0.29) is 41.6 Å². The summed E-state index contributed by atoms with van der Waals surface area (Å²) in [6, 6.07) is 0. The summed E-state index contributed by atoms with van der Waals surface area (Å²) in [5.41, 5.74) is -2.01. The molecule has 2 N–H and O–H groups in total. The lowest BCUT2D eigenvalue weighted by Gasteiger charge is -2.63. The average molecular weight is 427 g/mol. The maximum atomic E-state index is 12.7. The highest BCUT2D eigenvalue weighted by atomic mass is 35.5. The van der Waals surface area contributed by atoms with Gasteiger partial charge in [-0.2, -0.15) is 0 Å². The van der Waals surface area contributed by atoms with Gasteiger partial charge in [-0.1, -0.05) is 32.4 Å². The van der Waals surface area contributed by atoms with Crippen molar-refractivity contribution in [1.82, 2.24) is 0 Å². The molecule has 0 aromatic rings. The second-order valence-corrected chi connectivity index (χ2v) is 10.6. The molecule has 4 aliphatic rings. The Labute approximate surface area is 176 Å². The first kappa shape index (κ1) is 20.6. The Bertz CT molecular complexity index is 806. The minimum absolute atomic E-state index is 0.00929. The molecule has 4 nitrogen and oxygen atoms in total. The van der Waals surface area contributed by atoms with Crippen LogP contribution in [0.3, 0.4) is 0 Å². The molecule has 3 saturated carbocycles. The summed E-state index contributed by atoms with van der Waals surface area (Å²) in [5, 5.41) is 22.9. The molecule has 28 heavy (non-hydrogen) atoms. The number of Topliss-reactive ketones (excluding diaryl/α,β-unsaturated/α-hetero) is 1. The fourth-order valence-electron chi connectivity index (χ4n) is 7.24. The first-order chi connectivity index (χ1) is 13.0. The maximum Gasteiger partial charge on any atom is 0.179 e. The van der Waals surface area contributed by atoms with Crippen molar-refractivity contribution in [2.75, 3.05) is 5.88 Å². The van der Waals surface area contributed by atoms with Gasteiger partial charge in [0.1, 0.15) is 5.60 Å². The average Bonchev–Trinajstić information content (AvgIpc) is 2.84. The lowest BCUT2D eigenvalue weighted by molar-refractivity contribution is -0.175. The van der Waals surface area contributed by atoms with Gasteiger partial charge in [-0.3, -0.25) is 9.59 Å². The number of aliphatic hydroxyl groups excluding tert-OH is 1. The molecule has 8 atom stereocenters. The number of carbonyl (C=O) groups is 2. The van der Waals surface area contributed by atoms with Gasteiger partial charge in [0, 0.05) is 10.8 Å². The smallest absolute Gasteiger partial charge is 0.179 e. The summed E-state index contributed by atoms with van der Waals surface area (Å²) in [7, 11) is 0. The standard InChI is InChI=1S/C22H28Cl2O4/c1-12-8-16-15-5-4-13-9-14(25)6-7-19(13,2)21(15,24)17(26)10-20(16,3)22(12,28)18(27)11-23/h6-7,9,12,15-17,26,28H,4-5,8,10-11H2,1-3H3/t12?,15-,16-,17?,19-,20-,21-,22-/m0/s1. The van der Waals surface area contributed by atoms with Gasteiger partial charge in [0.2, 0.25) is 0 Å². The number of carbonyl (C=O) groups excluding carboxylic acids is 2. The summed E-state index contributed by atoms with van der Waals surface area (Å²) in [5.74, 6) is -1.00. The highest BCUT2D eigenvalue weighted by Gasteiger charge is 2.74. The first-order valence-electron chi connectivity index (χ1n) is 10.1. The van der Waals surface area contributed by atoms with E-state index in [4.69, 9.17) is 23.2 Å². The fraction of sp³-hybridized carbons (Fsp3) is 0.727. The topological polar surface area (TPSA) is 74.6 Å². The normalized spacial score (nSPS) is 52.5.